The molecule has 0 amide bonds. The summed E-state index contributed by atoms with van der Waals surface area (Å²) in [6.07, 6.45) is 0.810. The molecular formula is C17H24F2N6O2. The van der Waals surface area contributed by atoms with E-state index in [1.54, 1.807) is 6.33 Å². The summed E-state index contributed by atoms with van der Waals surface area (Å²) in [7, 11) is 0. The van der Waals surface area contributed by atoms with Crippen LogP contribution in [-0.2, 0) is 13.1 Å². The van der Waals surface area contributed by atoms with Crippen molar-refractivity contribution in [2.24, 2.45) is 4.99 Å². The van der Waals surface area contributed by atoms with E-state index in [-0.39, 0.29) is 12.3 Å². The van der Waals surface area contributed by atoms with Crippen LogP contribution in [-0.4, -0.2) is 45.5 Å². The molecule has 0 fully saturated rings. The van der Waals surface area contributed by atoms with Gasteiger partial charge >= 0.3 is 6.61 Å². The summed E-state index contributed by atoms with van der Waals surface area (Å²) in [5.74, 6) is 1.31. The van der Waals surface area contributed by atoms with Gasteiger partial charge in [0.2, 0.25) is 0 Å². The van der Waals surface area contributed by atoms with Crippen molar-refractivity contribution in [2.75, 3.05) is 13.1 Å². The molecule has 0 radical (unpaired) electrons. The second-order valence-electron chi connectivity index (χ2n) is 5.57. The highest BCUT2D eigenvalue weighted by Gasteiger charge is 2.10. The molecule has 0 aliphatic rings. The first-order valence-electron chi connectivity index (χ1n) is 8.65. The zero-order valence-corrected chi connectivity index (χ0v) is 15.3. The molecule has 0 bridgehead atoms. The van der Waals surface area contributed by atoms with Crippen LogP contribution in [0, 0.1) is 0 Å². The summed E-state index contributed by atoms with van der Waals surface area (Å²) in [4.78, 5) is 4.43. The molecule has 1 atom stereocenters. The maximum atomic E-state index is 12.2. The van der Waals surface area contributed by atoms with Crippen LogP contribution in [0.5, 0.6) is 5.75 Å². The normalized spacial score (nSPS) is 12.9. The molecule has 0 spiro atoms. The lowest BCUT2D eigenvalue weighted by Gasteiger charge is -2.16. The third-order valence-corrected chi connectivity index (χ3v) is 3.71. The van der Waals surface area contributed by atoms with Gasteiger partial charge < -0.3 is 25.0 Å². The van der Waals surface area contributed by atoms with E-state index in [1.807, 2.05) is 18.4 Å². The number of rotatable bonds is 9. The maximum Gasteiger partial charge on any atom is 0.387 e. The Kier molecular flexibility index (Phi) is 7.93. The van der Waals surface area contributed by atoms with E-state index in [0.29, 0.717) is 24.6 Å². The van der Waals surface area contributed by atoms with Gasteiger partial charge in [-0.3, -0.25) is 0 Å². The molecular weight excluding hydrogens is 358 g/mol. The van der Waals surface area contributed by atoms with Crippen molar-refractivity contribution in [2.45, 2.75) is 39.7 Å². The number of benzene rings is 1. The van der Waals surface area contributed by atoms with Crippen LogP contribution in [0.3, 0.4) is 0 Å². The topological polar surface area (TPSA) is 96.6 Å². The van der Waals surface area contributed by atoms with E-state index in [2.05, 4.69) is 30.6 Å². The smallest absolute Gasteiger partial charge is 0.387 e. The lowest BCUT2D eigenvalue weighted by atomic mass is 10.1. The lowest BCUT2D eigenvalue weighted by molar-refractivity contribution is -0.0498. The average Bonchev–Trinajstić information content (AvgIpc) is 3.11. The molecule has 2 rings (SSSR count). The van der Waals surface area contributed by atoms with Crippen molar-refractivity contribution >= 4 is 5.96 Å². The first-order chi connectivity index (χ1) is 13.0. The van der Waals surface area contributed by atoms with Gasteiger partial charge in [0.15, 0.2) is 11.8 Å². The zero-order valence-electron chi connectivity index (χ0n) is 15.3. The third-order valence-electron chi connectivity index (χ3n) is 3.71. The van der Waals surface area contributed by atoms with E-state index in [9.17, 15) is 13.9 Å². The van der Waals surface area contributed by atoms with E-state index < -0.39 is 12.7 Å². The van der Waals surface area contributed by atoms with Gasteiger partial charge in [0.25, 0.3) is 0 Å². The standard InChI is InChI=1S/C17H24F2N6O2/c1-3-20-17(22-10-15-24-23-11-25(15)4-2)21-9-14(26)12-5-7-13(8-6-12)27-16(18)19/h5-8,11,14,16,26H,3-4,9-10H2,1-2H3,(H2,20,21,22). The molecule has 0 saturated heterocycles. The summed E-state index contributed by atoms with van der Waals surface area (Å²) >= 11 is 0. The Bertz CT molecular complexity index is 720. The second kappa shape index (κ2) is 10.4. The highest BCUT2D eigenvalue weighted by Crippen LogP contribution is 2.18. The first-order valence-corrected chi connectivity index (χ1v) is 8.65. The van der Waals surface area contributed by atoms with Gasteiger partial charge in [0, 0.05) is 19.6 Å². The molecule has 0 saturated carbocycles. The minimum Gasteiger partial charge on any atom is -0.435 e. The predicted molar refractivity (Wildman–Crippen MR) is 96.5 cm³/mol. The molecule has 8 nitrogen and oxygen atoms in total. The Morgan fingerprint density at radius 1 is 1.26 bits per heavy atom. The van der Waals surface area contributed by atoms with Crippen LogP contribution >= 0.6 is 0 Å². The van der Waals surface area contributed by atoms with Crippen molar-refractivity contribution < 1.29 is 18.6 Å². The molecule has 27 heavy (non-hydrogen) atoms. The summed E-state index contributed by atoms with van der Waals surface area (Å²) in [6.45, 7) is 3.01. The average molecular weight is 382 g/mol. The number of hydrogen-bond donors (Lipinski definition) is 3. The van der Waals surface area contributed by atoms with Crippen LogP contribution in [0.25, 0.3) is 0 Å². The van der Waals surface area contributed by atoms with E-state index in [4.69, 9.17) is 0 Å². The van der Waals surface area contributed by atoms with Crippen molar-refractivity contribution in [3.05, 3.63) is 42.0 Å². The Morgan fingerprint density at radius 3 is 2.63 bits per heavy atom. The molecule has 1 unspecified atom stereocenters. The van der Waals surface area contributed by atoms with Crippen LogP contribution in [0.15, 0.2) is 35.6 Å². The van der Waals surface area contributed by atoms with Gasteiger partial charge in [0.05, 0.1) is 6.10 Å². The molecule has 148 valence electrons. The summed E-state index contributed by atoms with van der Waals surface area (Å²) in [5, 5.41) is 24.3. The predicted octanol–water partition coefficient (Wildman–Crippen LogP) is 1.69. The fourth-order valence-electron chi connectivity index (χ4n) is 2.34. The van der Waals surface area contributed by atoms with Gasteiger partial charge in [-0.2, -0.15) is 8.78 Å². The Labute approximate surface area is 156 Å². The summed E-state index contributed by atoms with van der Waals surface area (Å²) in [5.41, 5.74) is 0.575. The number of aromatic nitrogens is 3. The SMILES string of the molecule is CCNC(=NCc1nncn1CC)NCC(O)c1ccc(OC(F)F)cc1. The minimum absolute atomic E-state index is 0.0452. The number of guanidine groups is 1. The maximum absolute atomic E-state index is 12.2. The number of halogens is 2. The quantitative estimate of drug-likeness (QED) is 0.451. The van der Waals surface area contributed by atoms with Crippen LogP contribution < -0.4 is 15.4 Å². The summed E-state index contributed by atoms with van der Waals surface area (Å²) in [6, 6.07) is 5.86. The molecule has 3 N–H and O–H groups in total. The molecule has 0 aliphatic heterocycles. The molecule has 2 aromatic rings. The van der Waals surface area contributed by atoms with Crippen LogP contribution in [0.2, 0.25) is 0 Å². The zero-order chi connectivity index (χ0) is 19.6. The lowest BCUT2D eigenvalue weighted by Crippen LogP contribution is -2.39. The number of ether oxygens (including phenoxy) is 1. The number of aliphatic imine (C=N–C) groups is 1. The molecule has 10 heteroatoms. The first kappa shape index (κ1) is 20.6. The Morgan fingerprint density at radius 2 is 2.00 bits per heavy atom. The number of nitrogens with one attached hydrogen (secondary N) is 2. The second-order valence-corrected chi connectivity index (χ2v) is 5.57. The fourth-order valence-corrected chi connectivity index (χ4v) is 2.34. The largest absolute Gasteiger partial charge is 0.435 e. The van der Waals surface area contributed by atoms with Gasteiger partial charge in [-0.25, -0.2) is 4.99 Å². The number of alkyl halides is 2. The number of aryl methyl sites for hydroxylation is 1. The van der Waals surface area contributed by atoms with Gasteiger partial charge in [-0.05, 0) is 31.5 Å². The number of aliphatic hydroxyl groups excluding tert-OH is 1. The van der Waals surface area contributed by atoms with Gasteiger partial charge in [-0.1, -0.05) is 12.1 Å². The van der Waals surface area contributed by atoms with Crippen molar-refractivity contribution in [3.63, 3.8) is 0 Å². The van der Waals surface area contributed by atoms with Crippen molar-refractivity contribution in [1.29, 1.82) is 0 Å². The highest BCUT2D eigenvalue weighted by atomic mass is 19.3. The molecule has 1 aromatic heterocycles. The fraction of sp³-hybridized carbons (Fsp3) is 0.471. The number of nitrogens with zero attached hydrogens (tertiary/aromatic N) is 4. The van der Waals surface area contributed by atoms with Crippen molar-refractivity contribution in [3.8, 4) is 5.75 Å². The van der Waals surface area contributed by atoms with E-state index in [0.717, 1.165) is 12.4 Å². The van der Waals surface area contributed by atoms with Crippen LogP contribution in [0.1, 0.15) is 31.3 Å². The van der Waals surface area contributed by atoms with Crippen LogP contribution in [0.4, 0.5) is 8.78 Å². The van der Waals surface area contributed by atoms with Gasteiger partial charge in [0.1, 0.15) is 18.6 Å². The monoisotopic (exact) mass is 382 g/mol. The van der Waals surface area contributed by atoms with E-state index >= 15 is 0 Å². The molecule has 0 aliphatic carbocycles. The number of hydrogen-bond acceptors (Lipinski definition) is 5. The summed E-state index contributed by atoms with van der Waals surface area (Å²) < 4.78 is 30.5. The van der Waals surface area contributed by atoms with Gasteiger partial charge in [-0.15, -0.1) is 10.2 Å². The van der Waals surface area contributed by atoms with E-state index in [1.165, 1.54) is 24.3 Å². The molecule has 1 aromatic carbocycles. The highest BCUT2D eigenvalue weighted by molar-refractivity contribution is 5.79. The Balaban J connectivity index is 1.93. The third kappa shape index (κ3) is 6.48. The molecule has 1 heterocycles. The number of aliphatic hydroxyl groups is 1. The van der Waals surface area contributed by atoms with Crippen molar-refractivity contribution in [1.82, 2.24) is 25.4 Å². The Hall–Kier alpha value is -2.75. The minimum atomic E-state index is -2.88.